The van der Waals surface area contributed by atoms with Crippen LogP contribution >= 0.6 is 0 Å². The van der Waals surface area contributed by atoms with E-state index in [1.54, 1.807) is 10.9 Å². The highest BCUT2D eigenvalue weighted by Crippen LogP contribution is 2.40. The zero-order chi connectivity index (χ0) is 16.4. The molecule has 1 aliphatic rings. The number of anilines is 1. The third-order valence-electron chi connectivity index (χ3n) is 5.08. The van der Waals surface area contributed by atoms with E-state index in [4.69, 9.17) is 0 Å². The molecule has 1 aromatic carbocycles. The molecule has 2 rings (SSSR count). The maximum Gasteiger partial charge on any atom is 0.141 e. The van der Waals surface area contributed by atoms with E-state index in [1.165, 1.54) is 24.2 Å². The summed E-state index contributed by atoms with van der Waals surface area (Å²) in [5.74, 6) is 0. The van der Waals surface area contributed by atoms with Crippen LogP contribution in [-0.4, -0.2) is 25.3 Å². The Morgan fingerprint density at radius 1 is 1.00 bits per heavy atom. The van der Waals surface area contributed by atoms with Gasteiger partial charge in [-0.1, -0.05) is 56.5 Å². The van der Waals surface area contributed by atoms with Crippen LogP contribution in [0.4, 0.5) is 5.69 Å². The van der Waals surface area contributed by atoms with Crippen LogP contribution in [-0.2, 0) is 0 Å². The van der Waals surface area contributed by atoms with Crippen molar-refractivity contribution in [3.05, 3.63) is 49.6 Å². The first kappa shape index (κ1) is 17.5. The van der Waals surface area contributed by atoms with Crippen molar-refractivity contribution in [2.45, 2.75) is 50.4 Å². The Kier molecular flexibility index (Phi) is 5.35. The average Bonchev–Trinajstić information content (AvgIpc) is 2.67. The SMILES string of the molecule is C=CC[SiH](CC=C)c1ccccc1N1[Si](C)(C)CC[Si]1(C)C. The van der Waals surface area contributed by atoms with Gasteiger partial charge in [-0.15, -0.1) is 13.2 Å². The molecule has 1 heterocycles. The molecule has 1 aliphatic heterocycles. The molecule has 22 heavy (non-hydrogen) atoms. The lowest BCUT2D eigenvalue weighted by molar-refractivity contribution is 1.35. The van der Waals surface area contributed by atoms with Crippen molar-refractivity contribution in [2.24, 2.45) is 0 Å². The van der Waals surface area contributed by atoms with Crippen LogP contribution in [0.1, 0.15) is 0 Å². The first-order chi connectivity index (χ1) is 10.3. The lowest BCUT2D eigenvalue weighted by Crippen LogP contribution is -2.57. The summed E-state index contributed by atoms with van der Waals surface area (Å²) < 4.78 is 2.96. The molecule has 0 spiro atoms. The van der Waals surface area contributed by atoms with Crippen molar-refractivity contribution in [3.8, 4) is 0 Å². The molecule has 0 saturated carbocycles. The van der Waals surface area contributed by atoms with Gasteiger partial charge in [-0.05, 0) is 35.4 Å². The maximum atomic E-state index is 4.00. The Hall–Kier alpha value is -0.849. The highest BCUT2D eigenvalue weighted by atomic mass is 28.4. The lowest BCUT2D eigenvalue weighted by atomic mass is 10.3. The molecule has 0 unspecified atom stereocenters. The Labute approximate surface area is 140 Å². The first-order valence-electron chi connectivity index (χ1n) is 8.44. The van der Waals surface area contributed by atoms with Gasteiger partial charge >= 0.3 is 0 Å². The van der Waals surface area contributed by atoms with Gasteiger partial charge < -0.3 is 4.23 Å². The molecule has 0 amide bonds. The summed E-state index contributed by atoms with van der Waals surface area (Å²) in [4.78, 5) is 0. The number of para-hydroxylation sites is 1. The molecular formula is C18H31NSi3. The molecule has 1 fully saturated rings. The third kappa shape index (κ3) is 3.39. The summed E-state index contributed by atoms with van der Waals surface area (Å²) in [5.41, 5.74) is 1.58. The Balaban J connectivity index is 2.51. The van der Waals surface area contributed by atoms with Crippen LogP contribution in [0.3, 0.4) is 0 Å². The molecule has 120 valence electrons. The van der Waals surface area contributed by atoms with Crippen LogP contribution in [0.25, 0.3) is 0 Å². The molecule has 0 bridgehead atoms. The minimum Gasteiger partial charge on any atom is -0.424 e. The Bertz CT molecular complexity index is 525. The smallest absolute Gasteiger partial charge is 0.141 e. The second-order valence-electron chi connectivity index (χ2n) is 7.76. The number of hydrogen-bond donors (Lipinski definition) is 0. The van der Waals surface area contributed by atoms with Crippen molar-refractivity contribution in [1.29, 1.82) is 0 Å². The van der Waals surface area contributed by atoms with E-state index in [-0.39, 0.29) is 0 Å². The largest absolute Gasteiger partial charge is 0.424 e. The van der Waals surface area contributed by atoms with Gasteiger partial charge in [0.2, 0.25) is 0 Å². The third-order valence-corrected chi connectivity index (χ3v) is 18.2. The topological polar surface area (TPSA) is 3.24 Å². The number of hydrogen-bond acceptors (Lipinski definition) is 1. The second-order valence-corrected chi connectivity index (χ2v) is 20.3. The summed E-state index contributed by atoms with van der Waals surface area (Å²) >= 11 is 0. The van der Waals surface area contributed by atoms with Gasteiger partial charge in [-0.25, -0.2) is 0 Å². The van der Waals surface area contributed by atoms with E-state index in [9.17, 15) is 0 Å². The van der Waals surface area contributed by atoms with E-state index in [0.29, 0.717) is 0 Å². The van der Waals surface area contributed by atoms with Gasteiger partial charge in [0, 0.05) is 5.69 Å². The molecule has 0 aliphatic carbocycles. The van der Waals surface area contributed by atoms with E-state index in [0.717, 1.165) is 0 Å². The summed E-state index contributed by atoms with van der Waals surface area (Å²) in [6.07, 6.45) is 4.23. The summed E-state index contributed by atoms with van der Waals surface area (Å²) in [6.45, 7) is 18.2. The van der Waals surface area contributed by atoms with Crippen molar-refractivity contribution in [1.82, 2.24) is 0 Å². The Morgan fingerprint density at radius 3 is 2.00 bits per heavy atom. The van der Waals surface area contributed by atoms with Gasteiger partial charge in [0.1, 0.15) is 16.5 Å². The summed E-state index contributed by atoms with van der Waals surface area (Å²) in [7, 11) is -3.64. The lowest BCUT2D eigenvalue weighted by Gasteiger charge is -2.43. The van der Waals surface area contributed by atoms with Crippen molar-refractivity contribution in [3.63, 3.8) is 0 Å². The van der Waals surface area contributed by atoms with Gasteiger partial charge in [0.15, 0.2) is 0 Å². The van der Waals surface area contributed by atoms with Gasteiger partial charge in [-0.2, -0.15) is 0 Å². The van der Waals surface area contributed by atoms with Crippen molar-refractivity contribution in [2.75, 3.05) is 4.23 Å². The second kappa shape index (κ2) is 6.72. The van der Waals surface area contributed by atoms with Crippen molar-refractivity contribution < 1.29 is 0 Å². The normalized spacial score (nSPS) is 19.4. The molecule has 0 radical (unpaired) electrons. The predicted octanol–water partition coefficient (Wildman–Crippen LogP) is 4.72. The number of allylic oxidation sites excluding steroid dienone is 2. The minimum atomic E-state index is -1.30. The zero-order valence-corrected chi connectivity index (χ0v) is 17.9. The molecule has 0 atom stereocenters. The maximum absolute atomic E-state index is 4.00. The highest BCUT2D eigenvalue weighted by molar-refractivity contribution is 7.05. The summed E-state index contributed by atoms with van der Waals surface area (Å²) in [5, 5.41) is 1.64. The van der Waals surface area contributed by atoms with E-state index < -0.39 is 25.3 Å². The van der Waals surface area contributed by atoms with Crippen LogP contribution in [0.15, 0.2) is 49.6 Å². The predicted molar refractivity (Wildman–Crippen MR) is 110 cm³/mol. The van der Waals surface area contributed by atoms with Crippen LogP contribution in [0, 0.1) is 0 Å². The number of benzene rings is 1. The van der Waals surface area contributed by atoms with Crippen LogP contribution < -0.4 is 9.42 Å². The number of rotatable bonds is 6. The average molecular weight is 346 g/mol. The van der Waals surface area contributed by atoms with E-state index in [2.05, 4.69) is 80.0 Å². The van der Waals surface area contributed by atoms with E-state index in [1.807, 2.05) is 0 Å². The quantitative estimate of drug-likeness (QED) is 0.532. The molecule has 1 nitrogen and oxygen atoms in total. The summed E-state index contributed by atoms with van der Waals surface area (Å²) in [6, 6.07) is 14.5. The molecule has 0 aromatic heterocycles. The van der Waals surface area contributed by atoms with Crippen LogP contribution in [0.5, 0.6) is 0 Å². The molecule has 0 N–H and O–H groups in total. The minimum absolute atomic E-state index is 1.04. The Morgan fingerprint density at radius 2 is 1.50 bits per heavy atom. The molecule has 1 aromatic rings. The fourth-order valence-electron chi connectivity index (χ4n) is 4.10. The molecule has 1 saturated heterocycles. The standard InChI is InChI=1S/C18H31NSi3/c1-7-13-20(14-8-2)18-12-10-9-11-17(18)19-21(3,4)15-16-22(19,5)6/h7-12,20H,1-2,13-16H2,3-6H3. The van der Waals surface area contributed by atoms with Gasteiger partial charge in [-0.3, -0.25) is 0 Å². The van der Waals surface area contributed by atoms with Crippen molar-refractivity contribution >= 4 is 36.1 Å². The fraction of sp³-hybridized carbons (Fsp3) is 0.444. The molecular weight excluding hydrogens is 314 g/mol. The van der Waals surface area contributed by atoms with Gasteiger partial charge in [0.05, 0.1) is 8.80 Å². The van der Waals surface area contributed by atoms with E-state index >= 15 is 0 Å². The molecule has 4 heteroatoms. The first-order valence-corrected chi connectivity index (χ1v) is 17.0. The zero-order valence-electron chi connectivity index (χ0n) is 14.7. The van der Waals surface area contributed by atoms with Gasteiger partial charge in [0.25, 0.3) is 0 Å². The number of nitrogens with zero attached hydrogens (tertiary/aromatic N) is 1. The van der Waals surface area contributed by atoms with Crippen LogP contribution in [0.2, 0.25) is 50.4 Å². The fourth-order valence-corrected chi connectivity index (χ4v) is 21.2. The highest BCUT2D eigenvalue weighted by Gasteiger charge is 2.48. The monoisotopic (exact) mass is 345 g/mol.